The fraction of sp³-hybridized carbons (Fsp3) is 0.538. The number of likely N-dealkylation sites (N-methyl/N-ethyl adjacent to an activating group) is 1. The summed E-state index contributed by atoms with van der Waals surface area (Å²) in [7, 11) is 3.94. The van der Waals surface area contributed by atoms with Crippen molar-refractivity contribution in [2.45, 2.75) is 25.3 Å². The van der Waals surface area contributed by atoms with Crippen LogP contribution in [0.4, 0.5) is 0 Å². The Balaban J connectivity index is 2.03. The van der Waals surface area contributed by atoms with Gasteiger partial charge in [0.25, 0.3) is 0 Å². The first kappa shape index (κ1) is 10.5. The smallest absolute Gasteiger partial charge is 0.119 e. The first-order valence-corrected chi connectivity index (χ1v) is 5.63. The van der Waals surface area contributed by atoms with Gasteiger partial charge in [-0.05, 0) is 50.6 Å². The van der Waals surface area contributed by atoms with Gasteiger partial charge in [0.15, 0.2) is 0 Å². The predicted octanol–water partition coefficient (Wildman–Crippen LogP) is 2.33. The minimum Gasteiger partial charge on any atom is -0.497 e. The molecule has 2 nitrogen and oxygen atoms in total. The fourth-order valence-corrected chi connectivity index (χ4v) is 2.31. The monoisotopic (exact) mass is 205 g/mol. The molecule has 0 saturated carbocycles. The van der Waals surface area contributed by atoms with Gasteiger partial charge >= 0.3 is 0 Å². The van der Waals surface area contributed by atoms with E-state index in [0.717, 1.165) is 18.2 Å². The van der Waals surface area contributed by atoms with Gasteiger partial charge in [0.2, 0.25) is 0 Å². The fourth-order valence-electron chi connectivity index (χ4n) is 2.31. The van der Waals surface area contributed by atoms with Gasteiger partial charge in [0.1, 0.15) is 5.75 Å². The van der Waals surface area contributed by atoms with Crippen molar-refractivity contribution < 1.29 is 4.74 Å². The zero-order chi connectivity index (χ0) is 10.7. The molecule has 1 aromatic carbocycles. The average molecular weight is 205 g/mol. The van der Waals surface area contributed by atoms with E-state index in [1.807, 2.05) is 6.07 Å². The van der Waals surface area contributed by atoms with Crippen molar-refractivity contribution >= 4 is 0 Å². The van der Waals surface area contributed by atoms with Crippen LogP contribution in [0.1, 0.15) is 18.4 Å². The lowest BCUT2D eigenvalue weighted by Crippen LogP contribution is -2.26. The maximum atomic E-state index is 5.23. The van der Waals surface area contributed by atoms with Crippen molar-refractivity contribution in [1.82, 2.24) is 4.90 Å². The molecule has 1 saturated heterocycles. The standard InChI is InChI=1S/C13H19NO/c1-14-8-4-6-12(14)9-11-5-3-7-13(10-11)15-2/h3,5,7,10,12H,4,6,8-9H2,1-2H3. The van der Waals surface area contributed by atoms with Crippen molar-refractivity contribution in [1.29, 1.82) is 0 Å². The molecule has 1 aliphatic heterocycles. The summed E-state index contributed by atoms with van der Waals surface area (Å²) in [4.78, 5) is 2.46. The second-order valence-electron chi connectivity index (χ2n) is 4.33. The SMILES string of the molecule is COc1cccc(CC2CCCN2C)c1. The highest BCUT2D eigenvalue weighted by Gasteiger charge is 2.20. The molecule has 1 atom stereocenters. The number of rotatable bonds is 3. The van der Waals surface area contributed by atoms with Gasteiger partial charge in [-0.25, -0.2) is 0 Å². The van der Waals surface area contributed by atoms with Crippen LogP contribution in [-0.2, 0) is 6.42 Å². The Labute approximate surface area is 91.9 Å². The highest BCUT2D eigenvalue weighted by Crippen LogP contribution is 2.21. The lowest BCUT2D eigenvalue weighted by Gasteiger charge is -2.19. The molecule has 1 aromatic rings. The van der Waals surface area contributed by atoms with Gasteiger partial charge in [-0.1, -0.05) is 12.1 Å². The molecule has 1 aliphatic rings. The molecule has 0 radical (unpaired) electrons. The number of ether oxygens (including phenoxy) is 1. The molecular weight excluding hydrogens is 186 g/mol. The summed E-state index contributed by atoms with van der Waals surface area (Å²) >= 11 is 0. The van der Waals surface area contributed by atoms with Crippen LogP contribution in [0.5, 0.6) is 5.75 Å². The van der Waals surface area contributed by atoms with Gasteiger partial charge in [0, 0.05) is 6.04 Å². The topological polar surface area (TPSA) is 12.5 Å². The Morgan fingerprint density at radius 1 is 1.47 bits per heavy atom. The van der Waals surface area contributed by atoms with Crippen LogP contribution in [-0.4, -0.2) is 31.6 Å². The van der Waals surface area contributed by atoms with Crippen molar-refractivity contribution in [3.05, 3.63) is 29.8 Å². The normalized spacial score (nSPS) is 21.9. The maximum absolute atomic E-state index is 5.23. The lowest BCUT2D eigenvalue weighted by molar-refractivity contribution is 0.309. The van der Waals surface area contributed by atoms with E-state index in [1.165, 1.54) is 24.9 Å². The Kier molecular flexibility index (Phi) is 3.27. The molecule has 0 N–H and O–H groups in total. The van der Waals surface area contributed by atoms with E-state index in [2.05, 4.69) is 30.1 Å². The molecule has 0 aliphatic carbocycles. The highest BCUT2D eigenvalue weighted by atomic mass is 16.5. The van der Waals surface area contributed by atoms with Crippen molar-refractivity contribution in [2.24, 2.45) is 0 Å². The minimum absolute atomic E-state index is 0.720. The minimum atomic E-state index is 0.720. The summed E-state index contributed by atoms with van der Waals surface area (Å²) in [6, 6.07) is 9.13. The van der Waals surface area contributed by atoms with E-state index >= 15 is 0 Å². The second kappa shape index (κ2) is 4.67. The molecule has 0 aromatic heterocycles. The van der Waals surface area contributed by atoms with Crippen molar-refractivity contribution in [3.63, 3.8) is 0 Å². The maximum Gasteiger partial charge on any atom is 0.119 e. The molecular formula is C13H19NO. The third kappa shape index (κ3) is 2.51. The quantitative estimate of drug-likeness (QED) is 0.751. The van der Waals surface area contributed by atoms with Gasteiger partial charge in [-0.3, -0.25) is 0 Å². The summed E-state index contributed by atoms with van der Waals surface area (Å²) < 4.78 is 5.23. The first-order chi connectivity index (χ1) is 7.29. The van der Waals surface area contributed by atoms with Crippen LogP contribution < -0.4 is 4.74 Å². The molecule has 0 bridgehead atoms. The predicted molar refractivity (Wildman–Crippen MR) is 62.4 cm³/mol. The van der Waals surface area contributed by atoms with Gasteiger partial charge < -0.3 is 9.64 Å². The number of nitrogens with zero attached hydrogens (tertiary/aromatic N) is 1. The molecule has 15 heavy (non-hydrogen) atoms. The second-order valence-corrected chi connectivity index (χ2v) is 4.33. The van der Waals surface area contributed by atoms with E-state index < -0.39 is 0 Å². The van der Waals surface area contributed by atoms with E-state index in [0.29, 0.717) is 0 Å². The molecule has 2 rings (SSSR count). The van der Waals surface area contributed by atoms with E-state index in [1.54, 1.807) is 7.11 Å². The zero-order valence-corrected chi connectivity index (χ0v) is 9.57. The molecule has 0 spiro atoms. The summed E-state index contributed by atoms with van der Waals surface area (Å²) in [6.07, 6.45) is 3.81. The van der Waals surface area contributed by atoms with Gasteiger partial charge in [0.05, 0.1) is 7.11 Å². The van der Waals surface area contributed by atoms with Crippen LogP contribution in [0.2, 0.25) is 0 Å². The Bertz CT molecular complexity index is 324. The number of methoxy groups -OCH3 is 1. The van der Waals surface area contributed by atoms with Gasteiger partial charge in [-0.2, -0.15) is 0 Å². The van der Waals surface area contributed by atoms with Crippen LogP contribution in [0.3, 0.4) is 0 Å². The Morgan fingerprint density at radius 3 is 3.00 bits per heavy atom. The van der Waals surface area contributed by atoms with E-state index in [-0.39, 0.29) is 0 Å². The molecule has 1 heterocycles. The molecule has 82 valence electrons. The summed E-state index contributed by atoms with van der Waals surface area (Å²) in [6.45, 7) is 1.24. The Morgan fingerprint density at radius 2 is 2.33 bits per heavy atom. The number of benzene rings is 1. The number of hydrogen-bond donors (Lipinski definition) is 0. The third-order valence-electron chi connectivity index (χ3n) is 3.28. The lowest BCUT2D eigenvalue weighted by atomic mass is 10.0. The van der Waals surface area contributed by atoms with Crippen LogP contribution in [0.25, 0.3) is 0 Å². The highest BCUT2D eigenvalue weighted by molar-refractivity contribution is 5.29. The third-order valence-corrected chi connectivity index (χ3v) is 3.28. The molecule has 2 heteroatoms. The first-order valence-electron chi connectivity index (χ1n) is 5.63. The van der Waals surface area contributed by atoms with E-state index in [4.69, 9.17) is 4.74 Å². The van der Waals surface area contributed by atoms with Crippen LogP contribution in [0, 0.1) is 0 Å². The van der Waals surface area contributed by atoms with E-state index in [9.17, 15) is 0 Å². The molecule has 1 unspecified atom stereocenters. The molecule has 1 fully saturated rings. The Hall–Kier alpha value is -1.02. The van der Waals surface area contributed by atoms with Gasteiger partial charge in [-0.15, -0.1) is 0 Å². The number of hydrogen-bond acceptors (Lipinski definition) is 2. The number of likely N-dealkylation sites (tertiary alicyclic amines) is 1. The summed E-state index contributed by atoms with van der Waals surface area (Å²) in [5, 5.41) is 0. The summed E-state index contributed by atoms with van der Waals surface area (Å²) in [5.74, 6) is 0.966. The van der Waals surface area contributed by atoms with Crippen molar-refractivity contribution in [2.75, 3.05) is 20.7 Å². The average Bonchev–Trinajstić information content (AvgIpc) is 2.65. The largest absolute Gasteiger partial charge is 0.497 e. The van der Waals surface area contributed by atoms with Crippen molar-refractivity contribution in [3.8, 4) is 5.75 Å². The summed E-state index contributed by atoms with van der Waals surface area (Å²) in [5.41, 5.74) is 1.38. The molecule has 0 amide bonds. The zero-order valence-electron chi connectivity index (χ0n) is 9.57. The van der Waals surface area contributed by atoms with Crippen LogP contribution in [0.15, 0.2) is 24.3 Å². The van der Waals surface area contributed by atoms with Crippen LogP contribution >= 0.6 is 0 Å².